The molecule has 2 fully saturated rings. The number of hydrogen-bond acceptors (Lipinski definition) is 9. The molecule has 5 aromatic heterocycles. The fourth-order valence-corrected chi connectivity index (χ4v) is 4.10. The predicted molar refractivity (Wildman–Crippen MR) is 138 cm³/mol. The Labute approximate surface area is 222 Å². The molecule has 0 saturated heterocycles. The van der Waals surface area contributed by atoms with E-state index in [1.54, 1.807) is 33.4 Å². The minimum Gasteiger partial charge on any atom is -0.493 e. The van der Waals surface area contributed by atoms with Gasteiger partial charge in [0.25, 0.3) is 0 Å². The predicted octanol–water partition coefficient (Wildman–Crippen LogP) is 1.48. The van der Waals surface area contributed by atoms with Crippen LogP contribution < -0.4 is 21.7 Å². The maximum atomic E-state index is 11.2. The SMILES string of the molecule is O=Cc1cnn2c(NC3CC3)cc(Cl)nc12.O=c1[nH]c(O)c(C=c2cnn3c(=NC4CC4)cc(Cl)nc23)[nH]1. The molecule has 2 aliphatic carbocycles. The van der Waals surface area contributed by atoms with Crippen molar-refractivity contribution in [2.45, 2.75) is 37.8 Å². The lowest BCUT2D eigenvalue weighted by Crippen LogP contribution is -2.18. The maximum Gasteiger partial charge on any atom is 0.326 e. The van der Waals surface area contributed by atoms with E-state index < -0.39 is 5.69 Å². The molecule has 5 heterocycles. The number of nitrogens with zero attached hydrogens (tertiary/aromatic N) is 7. The van der Waals surface area contributed by atoms with Crippen molar-refractivity contribution >= 4 is 52.7 Å². The van der Waals surface area contributed by atoms with Gasteiger partial charge in [-0.1, -0.05) is 23.2 Å². The van der Waals surface area contributed by atoms with Crippen LogP contribution in [0.2, 0.25) is 10.3 Å². The summed E-state index contributed by atoms with van der Waals surface area (Å²) in [7, 11) is 0. The number of imidazole rings is 1. The molecule has 194 valence electrons. The summed E-state index contributed by atoms with van der Waals surface area (Å²) in [5.74, 6) is 0.542. The number of carbonyl (C=O) groups excluding carboxylic acids is 1. The Morgan fingerprint density at radius 2 is 1.76 bits per heavy atom. The Morgan fingerprint density at radius 3 is 2.45 bits per heavy atom. The monoisotopic (exact) mass is 554 g/mol. The minimum atomic E-state index is -0.490. The molecule has 38 heavy (non-hydrogen) atoms. The summed E-state index contributed by atoms with van der Waals surface area (Å²) in [6.07, 6.45) is 9.82. The molecule has 4 N–H and O–H groups in total. The molecule has 0 aromatic carbocycles. The number of aromatic hydroxyl groups is 1. The van der Waals surface area contributed by atoms with Gasteiger partial charge in [0.15, 0.2) is 23.1 Å². The van der Waals surface area contributed by atoms with E-state index in [0.717, 1.165) is 37.8 Å². The zero-order valence-electron chi connectivity index (χ0n) is 19.6. The van der Waals surface area contributed by atoms with E-state index in [1.807, 2.05) is 0 Å². The Bertz CT molecular complexity index is 1860. The quantitative estimate of drug-likeness (QED) is 0.187. The second-order valence-electron chi connectivity index (χ2n) is 8.95. The van der Waals surface area contributed by atoms with Gasteiger partial charge in [0.05, 0.1) is 24.0 Å². The Hall–Kier alpha value is -4.23. The highest BCUT2D eigenvalue weighted by Gasteiger charge is 2.23. The van der Waals surface area contributed by atoms with E-state index in [1.165, 1.54) is 6.20 Å². The molecule has 13 nitrogen and oxygen atoms in total. The first kappa shape index (κ1) is 24.1. The third-order valence-electron chi connectivity index (χ3n) is 5.87. The van der Waals surface area contributed by atoms with Crippen molar-refractivity contribution in [3.8, 4) is 5.88 Å². The average Bonchev–Trinajstić information content (AvgIpc) is 3.76. The first-order valence-corrected chi connectivity index (χ1v) is 12.5. The van der Waals surface area contributed by atoms with Crippen molar-refractivity contribution in [3.05, 3.63) is 67.3 Å². The third-order valence-corrected chi connectivity index (χ3v) is 6.26. The van der Waals surface area contributed by atoms with Gasteiger partial charge in [-0.25, -0.2) is 14.8 Å². The lowest BCUT2D eigenvalue weighted by molar-refractivity contribution is 0.112. The molecule has 7 rings (SSSR count). The van der Waals surface area contributed by atoms with Gasteiger partial charge in [0.2, 0.25) is 5.88 Å². The molecule has 0 spiro atoms. The highest BCUT2D eigenvalue weighted by Crippen LogP contribution is 2.26. The topological polar surface area (TPSA) is 171 Å². The number of H-pyrrole nitrogens is 2. The van der Waals surface area contributed by atoms with Gasteiger partial charge >= 0.3 is 5.69 Å². The maximum absolute atomic E-state index is 11.2. The van der Waals surface area contributed by atoms with E-state index in [9.17, 15) is 14.7 Å². The van der Waals surface area contributed by atoms with Gasteiger partial charge in [0, 0.05) is 23.4 Å². The molecular formula is C23H20Cl2N10O3. The zero-order chi connectivity index (χ0) is 26.4. The van der Waals surface area contributed by atoms with Crippen LogP contribution in [-0.4, -0.2) is 62.6 Å². The minimum absolute atomic E-state index is 0.241. The summed E-state index contributed by atoms with van der Waals surface area (Å²) in [5.41, 5.74) is 1.85. The Balaban J connectivity index is 0.000000146. The van der Waals surface area contributed by atoms with Crippen LogP contribution in [0.5, 0.6) is 5.88 Å². The van der Waals surface area contributed by atoms with Crippen LogP contribution in [0.1, 0.15) is 41.7 Å². The number of halogens is 2. The van der Waals surface area contributed by atoms with Crippen LogP contribution in [0.15, 0.2) is 34.3 Å². The summed E-state index contributed by atoms with van der Waals surface area (Å²) in [4.78, 5) is 39.6. The first-order chi connectivity index (χ1) is 18.4. The second-order valence-corrected chi connectivity index (χ2v) is 9.73. The van der Waals surface area contributed by atoms with Crippen molar-refractivity contribution in [1.82, 2.24) is 39.2 Å². The Morgan fingerprint density at radius 1 is 1.03 bits per heavy atom. The number of aldehydes is 1. The normalized spacial score (nSPS) is 16.2. The summed E-state index contributed by atoms with van der Waals surface area (Å²) >= 11 is 12.0. The number of fused-ring (bicyclic) bond motifs is 2. The molecule has 0 unspecified atom stereocenters. The highest BCUT2D eigenvalue weighted by molar-refractivity contribution is 6.30. The lowest BCUT2D eigenvalue weighted by Gasteiger charge is -2.07. The van der Waals surface area contributed by atoms with Gasteiger partial charge in [0.1, 0.15) is 21.8 Å². The fraction of sp³-hybridized carbons (Fsp3) is 0.261. The summed E-state index contributed by atoms with van der Waals surface area (Å²) in [5, 5.41) is 22.6. The molecule has 0 atom stereocenters. The summed E-state index contributed by atoms with van der Waals surface area (Å²) < 4.78 is 3.20. The van der Waals surface area contributed by atoms with Crippen molar-refractivity contribution in [1.29, 1.82) is 0 Å². The van der Waals surface area contributed by atoms with Gasteiger partial charge in [-0.3, -0.25) is 14.8 Å². The molecule has 0 bridgehead atoms. The Kier molecular flexibility index (Phi) is 6.08. The molecule has 0 radical (unpaired) electrons. The number of aromatic amines is 2. The van der Waals surface area contributed by atoms with Crippen LogP contribution in [0.25, 0.3) is 17.4 Å². The summed E-state index contributed by atoms with van der Waals surface area (Å²) in [6, 6.07) is 4.20. The smallest absolute Gasteiger partial charge is 0.326 e. The van der Waals surface area contributed by atoms with E-state index in [2.05, 4.69) is 40.4 Å². The number of aromatic nitrogens is 8. The van der Waals surface area contributed by atoms with Gasteiger partial charge in [-0.15, -0.1) is 0 Å². The van der Waals surface area contributed by atoms with Gasteiger partial charge < -0.3 is 15.4 Å². The number of rotatable bonds is 5. The van der Waals surface area contributed by atoms with E-state index in [0.29, 0.717) is 50.0 Å². The lowest BCUT2D eigenvalue weighted by atomic mass is 10.3. The van der Waals surface area contributed by atoms with Crippen molar-refractivity contribution in [2.75, 3.05) is 5.32 Å². The molecule has 2 aliphatic rings. The van der Waals surface area contributed by atoms with Crippen molar-refractivity contribution in [2.24, 2.45) is 4.99 Å². The average molecular weight is 555 g/mol. The van der Waals surface area contributed by atoms with Crippen molar-refractivity contribution in [3.63, 3.8) is 0 Å². The molecule has 15 heteroatoms. The fourth-order valence-electron chi connectivity index (χ4n) is 3.74. The van der Waals surface area contributed by atoms with E-state index in [-0.39, 0.29) is 11.6 Å². The van der Waals surface area contributed by atoms with Gasteiger partial charge in [-0.05, 0) is 31.8 Å². The number of anilines is 1. The van der Waals surface area contributed by atoms with Crippen LogP contribution in [0.4, 0.5) is 5.82 Å². The van der Waals surface area contributed by atoms with Crippen LogP contribution in [0, 0.1) is 0 Å². The first-order valence-electron chi connectivity index (χ1n) is 11.7. The second kappa shape index (κ2) is 9.58. The van der Waals surface area contributed by atoms with Crippen LogP contribution in [0.3, 0.4) is 0 Å². The summed E-state index contributed by atoms with van der Waals surface area (Å²) in [6.45, 7) is 0. The molecule has 5 aromatic rings. The van der Waals surface area contributed by atoms with Gasteiger partial charge in [-0.2, -0.15) is 19.2 Å². The molecule has 0 aliphatic heterocycles. The molecular weight excluding hydrogens is 535 g/mol. The van der Waals surface area contributed by atoms with Crippen molar-refractivity contribution < 1.29 is 9.90 Å². The molecule has 0 amide bonds. The van der Waals surface area contributed by atoms with E-state index in [4.69, 9.17) is 23.2 Å². The third kappa shape index (κ3) is 4.97. The van der Waals surface area contributed by atoms with Crippen LogP contribution in [-0.2, 0) is 0 Å². The van der Waals surface area contributed by atoms with Crippen LogP contribution >= 0.6 is 23.2 Å². The zero-order valence-corrected chi connectivity index (χ0v) is 21.1. The number of carbonyl (C=O) groups is 1. The number of nitrogens with one attached hydrogen (secondary N) is 3. The van der Waals surface area contributed by atoms with E-state index >= 15 is 0 Å². The molecule has 2 saturated carbocycles. The highest BCUT2D eigenvalue weighted by atomic mass is 35.5. The number of hydrogen-bond donors (Lipinski definition) is 4. The largest absolute Gasteiger partial charge is 0.493 e. The standard InChI is InChI=1S/C13H11ClN6O2.C10H9ClN4O/c14-9-4-10(16-7-1-2-7)20-11(18-9)6(5-15-20)3-8-12(21)19-13(22)17-8;11-8-3-9(13-7-1-2-7)15-10(14-8)6(5-16)4-12-15/h3-5,7,21H,1-2H2,(H2,17,19,22);3-5,7,13H,1-2H2.